The first-order valence-electron chi connectivity index (χ1n) is 8.16. The molecule has 12 nitrogen and oxygen atoms in total. The Morgan fingerprint density at radius 1 is 0.963 bits per heavy atom. The van der Waals surface area contributed by atoms with Crippen LogP contribution in [0.2, 0.25) is 0 Å². The molecule has 0 heterocycles. The van der Waals surface area contributed by atoms with E-state index in [1.807, 2.05) is 19.2 Å². The van der Waals surface area contributed by atoms with Crippen LogP contribution in [0.5, 0.6) is 0 Å². The van der Waals surface area contributed by atoms with E-state index in [-0.39, 0.29) is 5.92 Å². The predicted molar refractivity (Wildman–Crippen MR) is 91.3 cm³/mol. The smallest absolute Gasteiger partial charge is 0.326 e. The Labute approximate surface area is 155 Å². The molecule has 0 aromatic rings. The van der Waals surface area contributed by atoms with Crippen LogP contribution in [0, 0.1) is 5.92 Å². The van der Waals surface area contributed by atoms with Crippen molar-refractivity contribution in [1.29, 1.82) is 0 Å². The number of hydrogen-bond acceptors (Lipinski definition) is 7. The van der Waals surface area contributed by atoms with E-state index in [0.29, 0.717) is 6.42 Å². The van der Waals surface area contributed by atoms with Gasteiger partial charge in [0.25, 0.3) is 0 Å². The van der Waals surface area contributed by atoms with Crippen LogP contribution in [0.1, 0.15) is 26.7 Å². The molecule has 0 radical (unpaired) electrons. The minimum atomic E-state index is -1.73. The van der Waals surface area contributed by atoms with Crippen LogP contribution in [0.3, 0.4) is 0 Å². The van der Waals surface area contributed by atoms with Gasteiger partial charge in [0.2, 0.25) is 17.7 Å². The lowest BCUT2D eigenvalue weighted by Crippen LogP contribution is -2.55. The molecule has 0 saturated carbocycles. The van der Waals surface area contributed by atoms with E-state index in [1.54, 1.807) is 0 Å². The summed E-state index contributed by atoms with van der Waals surface area (Å²) in [5.74, 6) is -5.32. The molecule has 3 atom stereocenters. The van der Waals surface area contributed by atoms with Crippen molar-refractivity contribution in [2.24, 2.45) is 11.7 Å². The third-order valence-electron chi connectivity index (χ3n) is 3.31. The molecule has 0 aliphatic heterocycles. The molecule has 27 heavy (non-hydrogen) atoms. The van der Waals surface area contributed by atoms with E-state index in [9.17, 15) is 29.1 Å². The van der Waals surface area contributed by atoms with Crippen LogP contribution in [-0.4, -0.2) is 76.3 Å². The molecule has 0 aliphatic rings. The first-order chi connectivity index (χ1) is 12.5. The molecule has 12 heteroatoms. The number of nitrogens with two attached hydrogens (primary N) is 1. The molecule has 8 N–H and O–H groups in total. The summed E-state index contributed by atoms with van der Waals surface area (Å²) in [6.07, 6.45) is -0.466. The van der Waals surface area contributed by atoms with Crippen LogP contribution in [-0.2, 0) is 24.0 Å². The molecule has 0 bridgehead atoms. The maximum absolute atomic E-state index is 11.9. The molecule has 0 aromatic heterocycles. The maximum Gasteiger partial charge on any atom is 0.326 e. The highest BCUT2D eigenvalue weighted by molar-refractivity contribution is 5.93. The zero-order valence-corrected chi connectivity index (χ0v) is 15.1. The second-order valence-corrected chi connectivity index (χ2v) is 6.25. The van der Waals surface area contributed by atoms with E-state index in [4.69, 9.17) is 15.9 Å². The number of carbonyl (C=O) groups is 5. The fraction of sp³-hybridized carbons (Fsp3) is 0.667. The molecular weight excluding hydrogens is 364 g/mol. The number of aliphatic hydroxyl groups excluding tert-OH is 1. The van der Waals surface area contributed by atoms with E-state index >= 15 is 0 Å². The van der Waals surface area contributed by atoms with Gasteiger partial charge in [0.05, 0.1) is 25.6 Å². The second-order valence-electron chi connectivity index (χ2n) is 6.25. The Bertz CT molecular complexity index is 566. The van der Waals surface area contributed by atoms with Gasteiger partial charge in [0, 0.05) is 0 Å². The third kappa shape index (κ3) is 10.1. The van der Waals surface area contributed by atoms with Gasteiger partial charge in [-0.1, -0.05) is 13.8 Å². The highest BCUT2D eigenvalue weighted by atomic mass is 16.4. The monoisotopic (exact) mass is 390 g/mol. The molecule has 0 rings (SSSR count). The molecule has 3 unspecified atom stereocenters. The summed E-state index contributed by atoms with van der Waals surface area (Å²) in [5.41, 5.74) is 5.65. The number of carboxylic acids is 2. The summed E-state index contributed by atoms with van der Waals surface area (Å²) in [6, 6.07) is -4.05. The molecule has 3 amide bonds. The fourth-order valence-electron chi connectivity index (χ4n) is 2.00. The number of aliphatic carboxylic acids is 2. The van der Waals surface area contributed by atoms with Crippen LogP contribution >= 0.6 is 0 Å². The minimum Gasteiger partial charge on any atom is -0.481 e. The summed E-state index contributed by atoms with van der Waals surface area (Å²) >= 11 is 0. The Hall–Kier alpha value is -2.73. The van der Waals surface area contributed by atoms with Crippen molar-refractivity contribution >= 4 is 29.7 Å². The number of carbonyl (C=O) groups excluding carboxylic acids is 3. The van der Waals surface area contributed by atoms with Gasteiger partial charge in [-0.2, -0.15) is 0 Å². The van der Waals surface area contributed by atoms with Crippen molar-refractivity contribution in [3.05, 3.63) is 0 Å². The normalized spacial score (nSPS) is 14.0. The molecule has 154 valence electrons. The van der Waals surface area contributed by atoms with Gasteiger partial charge in [0.15, 0.2) is 0 Å². The van der Waals surface area contributed by atoms with Crippen LogP contribution < -0.4 is 21.7 Å². The largest absolute Gasteiger partial charge is 0.481 e. The summed E-state index contributed by atoms with van der Waals surface area (Å²) in [5, 5.41) is 33.0. The SMILES string of the molecule is CC(C)CC(N)C(=O)NCC(=O)NC(CO)C(=O)NC(CC(=O)O)C(=O)O. The van der Waals surface area contributed by atoms with E-state index in [1.165, 1.54) is 0 Å². The van der Waals surface area contributed by atoms with Crippen molar-refractivity contribution in [3.8, 4) is 0 Å². The molecule has 0 spiro atoms. The number of carboxylic acid groups (broad SMARTS) is 2. The molecule has 0 aromatic carbocycles. The van der Waals surface area contributed by atoms with E-state index in [0.717, 1.165) is 0 Å². The van der Waals surface area contributed by atoms with Crippen LogP contribution in [0.4, 0.5) is 0 Å². The lowest BCUT2D eigenvalue weighted by molar-refractivity contribution is -0.147. The van der Waals surface area contributed by atoms with Crippen molar-refractivity contribution in [2.45, 2.75) is 44.8 Å². The number of aliphatic hydroxyl groups is 1. The minimum absolute atomic E-state index is 0.176. The van der Waals surface area contributed by atoms with E-state index < -0.39 is 67.4 Å². The topological polar surface area (TPSA) is 208 Å². The van der Waals surface area contributed by atoms with Gasteiger partial charge in [-0.05, 0) is 12.3 Å². The van der Waals surface area contributed by atoms with Crippen LogP contribution in [0.25, 0.3) is 0 Å². The first-order valence-corrected chi connectivity index (χ1v) is 8.16. The third-order valence-corrected chi connectivity index (χ3v) is 3.31. The van der Waals surface area contributed by atoms with Gasteiger partial charge < -0.3 is 37.0 Å². The Morgan fingerprint density at radius 3 is 2.00 bits per heavy atom. The lowest BCUT2D eigenvalue weighted by atomic mass is 10.0. The Balaban J connectivity index is 4.62. The Morgan fingerprint density at radius 2 is 1.56 bits per heavy atom. The standard InChI is InChI=1S/C15H26N4O8/c1-7(2)3-8(16)13(24)17-5-11(21)18-10(6-20)14(25)19-9(15(26)27)4-12(22)23/h7-10,20H,3-6,16H2,1-2H3,(H,17,24)(H,18,21)(H,19,25)(H,22,23)(H,26,27). The molecular formula is C15H26N4O8. The van der Waals surface area contributed by atoms with E-state index in [2.05, 4.69) is 10.6 Å². The fourth-order valence-corrected chi connectivity index (χ4v) is 2.00. The number of amides is 3. The summed E-state index contributed by atoms with van der Waals surface area (Å²) in [6.45, 7) is 2.38. The van der Waals surface area contributed by atoms with Crippen molar-refractivity contribution in [3.63, 3.8) is 0 Å². The summed E-state index contributed by atoms with van der Waals surface area (Å²) < 4.78 is 0. The number of rotatable bonds is 12. The highest BCUT2D eigenvalue weighted by Crippen LogP contribution is 2.02. The van der Waals surface area contributed by atoms with Crippen molar-refractivity contribution in [1.82, 2.24) is 16.0 Å². The van der Waals surface area contributed by atoms with Gasteiger partial charge in [-0.25, -0.2) is 4.79 Å². The van der Waals surface area contributed by atoms with Gasteiger partial charge >= 0.3 is 11.9 Å². The molecule has 0 aliphatic carbocycles. The first kappa shape index (κ1) is 24.3. The molecule has 0 saturated heterocycles. The van der Waals surface area contributed by atoms with Gasteiger partial charge in [-0.3, -0.25) is 19.2 Å². The second kappa shape index (κ2) is 11.8. The Kier molecular flexibility index (Phi) is 10.6. The van der Waals surface area contributed by atoms with Crippen LogP contribution in [0.15, 0.2) is 0 Å². The maximum atomic E-state index is 11.9. The van der Waals surface area contributed by atoms with Crippen molar-refractivity contribution < 1.29 is 39.3 Å². The number of nitrogens with one attached hydrogen (secondary N) is 3. The predicted octanol–water partition coefficient (Wildman–Crippen LogP) is -3.00. The average Bonchev–Trinajstić information content (AvgIpc) is 2.55. The number of hydrogen-bond donors (Lipinski definition) is 7. The lowest BCUT2D eigenvalue weighted by Gasteiger charge is -2.19. The zero-order chi connectivity index (χ0) is 21.1. The highest BCUT2D eigenvalue weighted by Gasteiger charge is 2.28. The van der Waals surface area contributed by atoms with Crippen molar-refractivity contribution in [2.75, 3.05) is 13.2 Å². The average molecular weight is 390 g/mol. The van der Waals surface area contributed by atoms with Gasteiger partial charge in [0.1, 0.15) is 12.1 Å². The van der Waals surface area contributed by atoms with Gasteiger partial charge in [-0.15, -0.1) is 0 Å². The summed E-state index contributed by atoms with van der Waals surface area (Å²) in [7, 11) is 0. The summed E-state index contributed by atoms with van der Waals surface area (Å²) in [4.78, 5) is 57.0. The zero-order valence-electron chi connectivity index (χ0n) is 15.1. The quantitative estimate of drug-likeness (QED) is 0.181. The molecule has 0 fully saturated rings.